The highest BCUT2D eigenvalue weighted by Crippen LogP contribution is 2.25. The van der Waals surface area contributed by atoms with Gasteiger partial charge in [-0.15, -0.1) is 0 Å². The molecule has 1 N–H and O–H groups in total. The second-order valence-electron chi connectivity index (χ2n) is 5.94. The minimum absolute atomic E-state index is 0.0186. The van der Waals surface area contributed by atoms with Crippen molar-refractivity contribution in [1.82, 2.24) is 10.2 Å². The molecule has 2 aliphatic heterocycles. The highest BCUT2D eigenvalue weighted by molar-refractivity contribution is 5.97. The predicted octanol–water partition coefficient (Wildman–Crippen LogP) is 0.925. The maximum atomic E-state index is 12.6. The van der Waals surface area contributed by atoms with Gasteiger partial charge in [-0.05, 0) is 32.6 Å². The van der Waals surface area contributed by atoms with Crippen molar-refractivity contribution < 1.29 is 14.3 Å². The Morgan fingerprint density at radius 1 is 1.32 bits per heavy atom. The van der Waals surface area contributed by atoms with Crippen LogP contribution in [0.3, 0.4) is 0 Å². The number of hydrogen-bond donors (Lipinski definition) is 1. The molecule has 108 valence electrons. The first-order valence-corrected chi connectivity index (χ1v) is 7.17. The van der Waals surface area contributed by atoms with Crippen LogP contribution in [0, 0.1) is 5.92 Å². The second-order valence-corrected chi connectivity index (χ2v) is 5.94. The third-order valence-corrected chi connectivity index (χ3v) is 4.22. The molecule has 2 amide bonds. The van der Waals surface area contributed by atoms with Crippen LogP contribution in [0.25, 0.3) is 0 Å². The van der Waals surface area contributed by atoms with E-state index in [9.17, 15) is 9.59 Å². The summed E-state index contributed by atoms with van der Waals surface area (Å²) in [4.78, 5) is 26.3. The standard InChI is InChI=1S/C14H24N2O3/c1-8(2)12-14(18)16(10(4)13(17)15-12)9(3)11-6-5-7-19-11/h8-12H,5-7H2,1-4H3,(H,15,17). The van der Waals surface area contributed by atoms with E-state index in [4.69, 9.17) is 4.74 Å². The van der Waals surface area contributed by atoms with Gasteiger partial charge in [-0.25, -0.2) is 0 Å². The van der Waals surface area contributed by atoms with Gasteiger partial charge in [0.25, 0.3) is 0 Å². The van der Waals surface area contributed by atoms with Crippen LogP contribution in [0.5, 0.6) is 0 Å². The summed E-state index contributed by atoms with van der Waals surface area (Å²) in [6.07, 6.45) is 2.06. The van der Waals surface area contributed by atoms with Gasteiger partial charge in [0.1, 0.15) is 12.1 Å². The number of hydrogen-bond acceptors (Lipinski definition) is 3. The summed E-state index contributed by atoms with van der Waals surface area (Å²) < 4.78 is 5.67. The highest BCUT2D eigenvalue weighted by Gasteiger charge is 2.43. The topological polar surface area (TPSA) is 58.6 Å². The third-order valence-electron chi connectivity index (χ3n) is 4.22. The maximum Gasteiger partial charge on any atom is 0.246 e. The lowest BCUT2D eigenvalue weighted by Gasteiger charge is -2.43. The number of carbonyl (C=O) groups is 2. The maximum absolute atomic E-state index is 12.6. The van der Waals surface area contributed by atoms with Crippen molar-refractivity contribution >= 4 is 11.8 Å². The Hall–Kier alpha value is -1.10. The van der Waals surface area contributed by atoms with Crippen molar-refractivity contribution in [2.24, 2.45) is 5.92 Å². The molecular formula is C14H24N2O3. The molecule has 0 aromatic carbocycles. The molecule has 0 bridgehead atoms. The van der Waals surface area contributed by atoms with E-state index < -0.39 is 12.1 Å². The number of piperazine rings is 1. The fourth-order valence-electron chi connectivity index (χ4n) is 2.98. The molecule has 2 heterocycles. The van der Waals surface area contributed by atoms with Crippen LogP contribution in [-0.4, -0.2) is 47.6 Å². The summed E-state index contributed by atoms with van der Waals surface area (Å²) >= 11 is 0. The molecule has 5 nitrogen and oxygen atoms in total. The molecule has 2 aliphatic rings. The van der Waals surface area contributed by atoms with E-state index in [0.717, 1.165) is 19.4 Å². The molecule has 2 fully saturated rings. The zero-order valence-electron chi connectivity index (χ0n) is 12.2. The first-order valence-electron chi connectivity index (χ1n) is 7.17. The number of ether oxygens (including phenoxy) is 1. The van der Waals surface area contributed by atoms with Crippen LogP contribution in [0.2, 0.25) is 0 Å². The van der Waals surface area contributed by atoms with E-state index in [2.05, 4.69) is 5.32 Å². The number of rotatable bonds is 3. The monoisotopic (exact) mass is 268 g/mol. The van der Waals surface area contributed by atoms with Crippen LogP contribution < -0.4 is 5.32 Å². The van der Waals surface area contributed by atoms with Crippen molar-refractivity contribution in [2.75, 3.05) is 6.61 Å². The first kappa shape index (κ1) is 14.3. The first-order chi connectivity index (χ1) is 8.93. The summed E-state index contributed by atoms with van der Waals surface area (Å²) in [5, 5.41) is 2.82. The van der Waals surface area contributed by atoms with Gasteiger partial charge in [-0.3, -0.25) is 9.59 Å². The van der Waals surface area contributed by atoms with Gasteiger partial charge < -0.3 is 15.0 Å². The predicted molar refractivity (Wildman–Crippen MR) is 71.5 cm³/mol. The molecule has 5 heteroatoms. The quantitative estimate of drug-likeness (QED) is 0.828. The lowest BCUT2D eigenvalue weighted by molar-refractivity contribution is -0.155. The minimum atomic E-state index is -0.415. The van der Waals surface area contributed by atoms with Gasteiger partial charge in [-0.2, -0.15) is 0 Å². The Morgan fingerprint density at radius 3 is 2.53 bits per heavy atom. The van der Waals surface area contributed by atoms with Gasteiger partial charge >= 0.3 is 0 Å². The summed E-state index contributed by atoms with van der Waals surface area (Å²) in [5.74, 6) is 0.0522. The Morgan fingerprint density at radius 2 is 2.00 bits per heavy atom. The number of nitrogens with one attached hydrogen (secondary N) is 1. The molecule has 2 rings (SSSR count). The molecule has 0 aliphatic carbocycles. The molecule has 0 saturated carbocycles. The molecule has 2 saturated heterocycles. The van der Waals surface area contributed by atoms with E-state index in [1.54, 1.807) is 11.8 Å². The van der Waals surface area contributed by atoms with Crippen LogP contribution in [-0.2, 0) is 14.3 Å². The Kier molecular flexibility index (Phi) is 4.13. The number of carbonyl (C=O) groups excluding carboxylic acids is 2. The summed E-state index contributed by atoms with van der Waals surface area (Å²) in [5.41, 5.74) is 0. The van der Waals surface area contributed by atoms with E-state index in [-0.39, 0.29) is 29.9 Å². The van der Waals surface area contributed by atoms with Crippen LogP contribution in [0.15, 0.2) is 0 Å². The van der Waals surface area contributed by atoms with Gasteiger partial charge in [0.15, 0.2) is 0 Å². The van der Waals surface area contributed by atoms with Crippen molar-refractivity contribution in [3.8, 4) is 0 Å². The highest BCUT2D eigenvalue weighted by atomic mass is 16.5. The normalized spacial score (nSPS) is 33.7. The van der Waals surface area contributed by atoms with Crippen LogP contribution in [0.4, 0.5) is 0 Å². The fraction of sp³-hybridized carbons (Fsp3) is 0.857. The molecule has 0 radical (unpaired) electrons. The fourth-order valence-corrected chi connectivity index (χ4v) is 2.98. The molecule has 19 heavy (non-hydrogen) atoms. The Balaban J connectivity index is 2.19. The molecule has 0 aromatic rings. The average molecular weight is 268 g/mol. The molecule has 0 spiro atoms. The number of amides is 2. The van der Waals surface area contributed by atoms with Crippen molar-refractivity contribution in [3.05, 3.63) is 0 Å². The number of nitrogens with zero attached hydrogens (tertiary/aromatic N) is 1. The van der Waals surface area contributed by atoms with E-state index in [1.807, 2.05) is 20.8 Å². The SMILES string of the molecule is CC(C)C1NC(=O)C(C)N(C(C)C2CCCO2)C1=O. The molecule has 4 unspecified atom stereocenters. The minimum Gasteiger partial charge on any atom is -0.376 e. The van der Waals surface area contributed by atoms with E-state index in [0.29, 0.717) is 0 Å². The van der Waals surface area contributed by atoms with E-state index >= 15 is 0 Å². The zero-order chi connectivity index (χ0) is 14.2. The zero-order valence-corrected chi connectivity index (χ0v) is 12.2. The van der Waals surface area contributed by atoms with Crippen molar-refractivity contribution in [3.63, 3.8) is 0 Å². The molecule has 4 atom stereocenters. The van der Waals surface area contributed by atoms with Crippen LogP contribution >= 0.6 is 0 Å². The van der Waals surface area contributed by atoms with Gasteiger partial charge in [0.2, 0.25) is 11.8 Å². The molecular weight excluding hydrogens is 244 g/mol. The van der Waals surface area contributed by atoms with Crippen LogP contribution in [0.1, 0.15) is 40.5 Å². The lowest BCUT2D eigenvalue weighted by Crippen LogP contribution is -2.67. The average Bonchev–Trinajstić information content (AvgIpc) is 2.87. The summed E-state index contributed by atoms with van der Waals surface area (Å²) in [6, 6.07) is -0.869. The van der Waals surface area contributed by atoms with Gasteiger partial charge in [0, 0.05) is 6.61 Å². The summed E-state index contributed by atoms with van der Waals surface area (Å²) in [6.45, 7) is 8.43. The van der Waals surface area contributed by atoms with E-state index in [1.165, 1.54) is 0 Å². The lowest BCUT2D eigenvalue weighted by atomic mass is 9.95. The third kappa shape index (κ3) is 2.61. The second kappa shape index (κ2) is 5.49. The largest absolute Gasteiger partial charge is 0.376 e. The molecule has 0 aromatic heterocycles. The Bertz CT molecular complexity index is 364. The Labute approximate surface area is 114 Å². The van der Waals surface area contributed by atoms with Crippen molar-refractivity contribution in [1.29, 1.82) is 0 Å². The summed E-state index contributed by atoms with van der Waals surface area (Å²) in [7, 11) is 0. The van der Waals surface area contributed by atoms with Gasteiger partial charge in [-0.1, -0.05) is 13.8 Å². The van der Waals surface area contributed by atoms with Crippen molar-refractivity contribution in [2.45, 2.75) is 64.8 Å². The smallest absolute Gasteiger partial charge is 0.246 e. The van der Waals surface area contributed by atoms with Gasteiger partial charge in [0.05, 0.1) is 12.1 Å².